The van der Waals surface area contributed by atoms with Gasteiger partial charge in [0.25, 0.3) is 15.9 Å². The van der Waals surface area contributed by atoms with Crippen molar-refractivity contribution in [2.75, 3.05) is 6.54 Å². The van der Waals surface area contributed by atoms with Crippen molar-refractivity contribution in [2.45, 2.75) is 11.3 Å². The SMILES string of the molecule is O=C1c2ccccc2S(=O)(=O)N1CCc1ccc(Br)cc1. The van der Waals surface area contributed by atoms with Crippen molar-refractivity contribution >= 4 is 31.9 Å². The van der Waals surface area contributed by atoms with Crippen molar-refractivity contribution in [2.24, 2.45) is 0 Å². The van der Waals surface area contributed by atoms with E-state index in [1.807, 2.05) is 24.3 Å². The highest BCUT2D eigenvalue weighted by Crippen LogP contribution is 2.29. The van der Waals surface area contributed by atoms with E-state index in [-0.39, 0.29) is 17.0 Å². The van der Waals surface area contributed by atoms with E-state index < -0.39 is 15.9 Å². The molecule has 0 atom stereocenters. The number of amides is 1. The first kappa shape index (κ1) is 14.3. The van der Waals surface area contributed by atoms with Gasteiger partial charge >= 0.3 is 0 Å². The third-order valence-corrected chi connectivity index (χ3v) is 5.80. The van der Waals surface area contributed by atoms with Gasteiger partial charge in [-0.05, 0) is 36.2 Å². The molecule has 0 spiro atoms. The largest absolute Gasteiger partial charge is 0.269 e. The van der Waals surface area contributed by atoms with Crippen LogP contribution in [0.25, 0.3) is 0 Å². The molecule has 0 radical (unpaired) electrons. The number of benzene rings is 2. The van der Waals surface area contributed by atoms with Crippen molar-refractivity contribution < 1.29 is 13.2 Å². The Morgan fingerprint density at radius 2 is 1.67 bits per heavy atom. The molecule has 108 valence electrons. The third-order valence-electron chi connectivity index (χ3n) is 3.43. The van der Waals surface area contributed by atoms with E-state index in [1.165, 1.54) is 6.07 Å². The Hall–Kier alpha value is -1.66. The monoisotopic (exact) mass is 365 g/mol. The molecular formula is C15H12BrNO3S. The molecule has 2 aromatic carbocycles. The highest BCUT2D eigenvalue weighted by molar-refractivity contribution is 9.10. The predicted octanol–water partition coefficient (Wildman–Crippen LogP) is 2.84. The molecule has 1 aliphatic heterocycles. The number of hydrogen-bond donors (Lipinski definition) is 0. The van der Waals surface area contributed by atoms with E-state index in [4.69, 9.17) is 0 Å². The van der Waals surface area contributed by atoms with E-state index in [1.54, 1.807) is 18.2 Å². The van der Waals surface area contributed by atoms with E-state index in [0.717, 1.165) is 14.3 Å². The van der Waals surface area contributed by atoms with Gasteiger partial charge in [0.05, 0.1) is 5.56 Å². The van der Waals surface area contributed by atoms with Crippen LogP contribution in [0, 0.1) is 0 Å². The number of halogens is 1. The van der Waals surface area contributed by atoms with Gasteiger partial charge in [-0.25, -0.2) is 12.7 Å². The van der Waals surface area contributed by atoms with Gasteiger partial charge in [0, 0.05) is 11.0 Å². The Balaban J connectivity index is 1.84. The van der Waals surface area contributed by atoms with Crippen molar-refractivity contribution in [1.82, 2.24) is 4.31 Å². The van der Waals surface area contributed by atoms with Crippen LogP contribution >= 0.6 is 15.9 Å². The summed E-state index contributed by atoms with van der Waals surface area (Å²) in [4.78, 5) is 12.3. The second-order valence-electron chi connectivity index (χ2n) is 4.75. The van der Waals surface area contributed by atoms with Crippen molar-refractivity contribution in [3.05, 3.63) is 64.1 Å². The van der Waals surface area contributed by atoms with Gasteiger partial charge in [-0.2, -0.15) is 0 Å². The normalized spacial score (nSPS) is 16.0. The van der Waals surface area contributed by atoms with Crippen LogP contribution in [-0.2, 0) is 16.4 Å². The zero-order chi connectivity index (χ0) is 15.0. The van der Waals surface area contributed by atoms with Gasteiger partial charge in [0.15, 0.2) is 0 Å². The predicted molar refractivity (Wildman–Crippen MR) is 82.5 cm³/mol. The molecule has 0 saturated heterocycles. The fraction of sp³-hybridized carbons (Fsp3) is 0.133. The maximum Gasteiger partial charge on any atom is 0.269 e. The van der Waals surface area contributed by atoms with Crippen LogP contribution in [0.3, 0.4) is 0 Å². The minimum absolute atomic E-state index is 0.103. The fourth-order valence-corrected chi connectivity index (χ4v) is 4.17. The standard InChI is InChI=1S/C15H12BrNO3S/c16-12-7-5-11(6-8-12)9-10-17-15(18)13-3-1-2-4-14(13)21(17,19)20/h1-8H,9-10H2. The molecule has 0 aliphatic carbocycles. The molecule has 0 aromatic heterocycles. The minimum Gasteiger partial charge on any atom is -0.268 e. The number of fused-ring (bicyclic) bond motifs is 1. The molecule has 0 fully saturated rings. The molecule has 0 bridgehead atoms. The van der Waals surface area contributed by atoms with E-state index in [0.29, 0.717) is 6.42 Å². The minimum atomic E-state index is -3.70. The molecule has 1 amide bonds. The molecule has 6 heteroatoms. The summed E-state index contributed by atoms with van der Waals surface area (Å²) < 4.78 is 26.7. The Morgan fingerprint density at radius 1 is 1.00 bits per heavy atom. The van der Waals surface area contributed by atoms with Gasteiger partial charge in [0.2, 0.25) is 0 Å². The highest BCUT2D eigenvalue weighted by atomic mass is 79.9. The van der Waals surface area contributed by atoms with Crippen LogP contribution in [0.5, 0.6) is 0 Å². The quantitative estimate of drug-likeness (QED) is 0.840. The number of nitrogens with zero attached hydrogens (tertiary/aromatic N) is 1. The number of carbonyl (C=O) groups is 1. The van der Waals surface area contributed by atoms with Crippen LogP contribution in [-0.4, -0.2) is 25.2 Å². The zero-order valence-electron chi connectivity index (χ0n) is 11.0. The summed E-state index contributed by atoms with van der Waals surface area (Å²) in [6, 6.07) is 13.9. The topological polar surface area (TPSA) is 54.5 Å². The summed E-state index contributed by atoms with van der Waals surface area (Å²) in [6.45, 7) is 0.150. The Kier molecular flexibility index (Phi) is 3.59. The van der Waals surface area contributed by atoms with E-state index in [2.05, 4.69) is 15.9 Å². The van der Waals surface area contributed by atoms with Crippen molar-refractivity contribution in [1.29, 1.82) is 0 Å². The first-order valence-corrected chi connectivity index (χ1v) is 8.64. The van der Waals surface area contributed by atoms with Gasteiger partial charge in [-0.15, -0.1) is 0 Å². The molecular weight excluding hydrogens is 354 g/mol. The molecule has 0 unspecified atom stereocenters. The lowest BCUT2D eigenvalue weighted by atomic mass is 10.1. The van der Waals surface area contributed by atoms with E-state index in [9.17, 15) is 13.2 Å². The van der Waals surface area contributed by atoms with Gasteiger partial charge in [-0.1, -0.05) is 40.2 Å². The fourth-order valence-electron chi connectivity index (χ4n) is 2.33. The maximum absolute atomic E-state index is 12.4. The van der Waals surface area contributed by atoms with Gasteiger partial charge in [-0.3, -0.25) is 4.79 Å². The Labute approximate surface area is 131 Å². The molecule has 3 rings (SSSR count). The number of sulfonamides is 1. The highest BCUT2D eigenvalue weighted by Gasteiger charge is 2.40. The summed E-state index contributed by atoms with van der Waals surface area (Å²) in [5.74, 6) is -0.442. The molecule has 4 nitrogen and oxygen atoms in total. The lowest BCUT2D eigenvalue weighted by molar-refractivity contribution is 0.0872. The van der Waals surface area contributed by atoms with Crippen LogP contribution in [0.15, 0.2) is 57.9 Å². The molecule has 21 heavy (non-hydrogen) atoms. The molecule has 0 saturated carbocycles. The second kappa shape index (κ2) is 5.27. The van der Waals surface area contributed by atoms with Crippen LogP contribution in [0.2, 0.25) is 0 Å². The zero-order valence-corrected chi connectivity index (χ0v) is 13.4. The number of rotatable bonds is 3. The Morgan fingerprint density at radius 3 is 2.33 bits per heavy atom. The lowest BCUT2D eigenvalue weighted by Crippen LogP contribution is -2.32. The smallest absolute Gasteiger partial charge is 0.268 e. The lowest BCUT2D eigenvalue weighted by Gasteiger charge is -2.14. The van der Waals surface area contributed by atoms with Gasteiger partial charge < -0.3 is 0 Å². The molecule has 1 aliphatic rings. The van der Waals surface area contributed by atoms with Crippen LogP contribution < -0.4 is 0 Å². The summed E-state index contributed by atoms with van der Waals surface area (Å²) in [7, 11) is -3.70. The molecule has 0 N–H and O–H groups in total. The summed E-state index contributed by atoms with van der Waals surface area (Å²) >= 11 is 3.35. The number of hydrogen-bond acceptors (Lipinski definition) is 3. The van der Waals surface area contributed by atoms with E-state index >= 15 is 0 Å². The van der Waals surface area contributed by atoms with Crippen molar-refractivity contribution in [3.63, 3.8) is 0 Å². The third kappa shape index (κ3) is 2.49. The second-order valence-corrected chi connectivity index (χ2v) is 7.50. The van der Waals surface area contributed by atoms with Gasteiger partial charge in [0.1, 0.15) is 4.90 Å². The molecule has 1 heterocycles. The first-order chi connectivity index (χ1) is 10.00. The van der Waals surface area contributed by atoms with Crippen molar-refractivity contribution in [3.8, 4) is 0 Å². The average molecular weight is 366 g/mol. The number of carbonyl (C=O) groups excluding carboxylic acids is 1. The maximum atomic E-state index is 12.4. The van der Waals surface area contributed by atoms with Crippen LogP contribution in [0.1, 0.15) is 15.9 Å². The average Bonchev–Trinajstić information content (AvgIpc) is 2.67. The van der Waals surface area contributed by atoms with Crippen LogP contribution in [0.4, 0.5) is 0 Å². The summed E-state index contributed by atoms with van der Waals surface area (Å²) in [5, 5.41) is 0. The molecule has 2 aromatic rings. The first-order valence-electron chi connectivity index (χ1n) is 6.41. The summed E-state index contributed by atoms with van der Waals surface area (Å²) in [6.07, 6.45) is 0.492. The Bertz CT molecular complexity index is 800. The summed E-state index contributed by atoms with van der Waals surface area (Å²) in [5.41, 5.74) is 1.24.